The summed E-state index contributed by atoms with van der Waals surface area (Å²) in [6, 6.07) is 17.5. The van der Waals surface area contributed by atoms with E-state index in [9.17, 15) is 4.79 Å². The predicted molar refractivity (Wildman–Crippen MR) is 85.4 cm³/mol. The molecule has 0 heterocycles. The summed E-state index contributed by atoms with van der Waals surface area (Å²) in [6.45, 7) is 0. The van der Waals surface area contributed by atoms with E-state index >= 15 is 0 Å². The Morgan fingerprint density at radius 3 is 2.86 bits per heavy atom. The maximum absolute atomic E-state index is 12.7. The van der Waals surface area contributed by atoms with Gasteiger partial charge in [0, 0.05) is 12.6 Å². The average Bonchev–Trinajstić information content (AvgIpc) is 2.60. The fraction of sp³-hybridized carbons (Fsp3) is 0.263. The molecule has 2 aromatic carbocycles. The van der Waals surface area contributed by atoms with Crippen LogP contribution >= 0.6 is 0 Å². The Hall–Kier alpha value is -2.60. The van der Waals surface area contributed by atoms with Crippen molar-refractivity contribution in [1.29, 1.82) is 5.26 Å². The number of carbonyl (C=O) groups is 1. The minimum absolute atomic E-state index is 0.0289. The molecule has 1 aliphatic carbocycles. The number of aryl methyl sites for hydroxylation is 1. The van der Waals surface area contributed by atoms with E-state index in [0.717, 1.165) is 19.3 Å². The minimum atomic E-state index is -0.0289. The molecular weight excluding hydrogens is 272 g/mol. The van der Waals surface area contributed by atoms with E-state index in [1.807, 2.05) is 18.0 Å². The van der Waals surface area contributed by atoms with E-state index in [-0.39, 0.29) is 11.9 Å². The third kappa shape index (κ3) is 2.60. The van der Waals surface area contributed by atoms with Gasteiger partial charge in [0.2, 0.25) is 0 Å². The highest BCUT2D eigenvalue weighted by atomic mass is 16.2. The number of hydrogen-bond donors (Lipinski definition) is 0. The van der Waals surface area contributed by atoms with E-state index < -0.39 is 0 Å². The van der Waals surface area contributed by atoms with Crippen LogP contribution in [-0.2, 0) is 6.42 Å². The molecule has 0 saturated carbocycles. The highest BCUT2D eigenvalue weighted by molar-refractivity contribution is 5.94. The monoisotopic (exact) mass is 290 g/mol. The van der Waals surface area contributed by atoms with Gasteiger partial charge in [-0.05, 0) is 48.6 Å². The summed E-state index contributed by atoms with van der Waals surface area (Å²) < 4.78 is 0. The molecular formula is C19H18N2O. The lowest BCUT2D eigenvalue weighted by atomic mass is 9.87. The lowest BCUT2D eigenvalue weighted by molar-refractivity contribution is 0.0715. The number of carbonyl (C=O) groups excluding carboxylic acids is 1. The fourth-order valence-electron chi connectivity index (χ4n) is 3.20. The number of fused-ring (bicyclic) bond motifs is 1. The van der Waals surface area contributed by atoms with Crippen molar-refractivity contribution in [2.75, 3.05) is 7.05 Å². The lowest BCUT2D eigenvalue weighted by Gasteiger charge is -2.33. The second kappa shape index (κ2) is 6.03. The van der Waals surface area contributed by atoms with Gasteiger partial charge in [0.05, 0.1) is 17.7 Å². The summed E-state index contributed by atoms with van der Waals surface area (Å²) in [7, 11) is 1.86. The summed E-state index contributed by atoms with van der Waals surface area (Å²) in [5, 5.41) is 8.99. The van der Waals surface area contributed by atoms with Crippen molar-refractivity contribution in [1.82, 2.24) is 4.90 Å². The van der Waals surface area contributed by atoms with Crippen LogP contribution in [0.3, 0.4) is 0 Å². The Kier molecular flexibility index (Phi) is 3.93. The maximum Gasteiger partial charge on any atom is 0.254 e. The first-order valence-corrected chi connectivity index (χ1v) is 7.56. The van der Waals surface area contributed by atoms with Crippen LogP contribution in [0.15, 0.2) is 48.5 Å². The molecule has 0 N–H and O–H groups in total. The summed E-state index contributed by atoms with van der Waals surface area (Å²) in [5.41, 5.74) is 3.68. The van der Waals surface area contributed by atoms with E-state index in [4.69, 9.17) is 5.26 Å². The van der Waals surface area contributed by atoms with E-state index in [0.29, 0.717) is 11.1 Å². The average molecular weight is 290 g/mol. The molecule has 2 aromatic rings. The molecule has 0 bridgehead atoms. The second-order valence-corrected chi connectivity index (χ2v) is 5.72. The lowest BCUT2D eigenvalue weighted by Crippen LogP contribution is -2.33. The van der Waals surface area contributed by atoms with Gasteiger partial charge < -0.3 is 4.90 Å². The number of hydrogen-bond acceptors (Lipinski definition) is 2. The van der Waals surface area contributed by atoms with Gasteiger partial charge in [-0.25, -0.2) is 0 Å². The topological polar surface area (TPSA) is 44.1 Å². The minimum Gasteiger partial charge on any atom is -0.335 e. The third-order valence-corrected chi connectivity index (χ3v) is 4.36. The Bertz CT molecular complexity index is 745. The molecule has 22 heavy (non-hydrogen) atoms. The molecule has 3 rings (SSSR count). The zero-order valence-electron chi connectivity index (χ0n) is 12.6. The zero-order chi connectivity index (χ0) is 15.5. The SMILES string of the molecule is CN(C(=O)c1cccc(C#N)c1)C1CCCc2ccccc21. The molecule has 1 amide bonds. The van der Waals surface area contributed by atoms with Crippen LogP contribution in [-0.4, -0.2) is 17.9 Å². The molecule has 0 spiro atoms. The first-order chi connectivity index (χ1) is 10.7. The molecule has 1 aliphatic rings. The zero-order valence-corrected chi connectivity index (χ0v) is 12.6. The van der Waals surface area contributed by atoms with Crippen LogP contribution < -0.4 is 0 Å². The maximum atomic E-state index is 12.7. The molecule has 3 nitrogen and oxygen atoms in total. The number of nitriles is 1. The molecule has 0 fully saturated rings. The van der Waals surface area contributed by atoms with Crippen molar-refractivity contribution >= 4 is 5.91 Å². The summed E-state index contributed by atoms with van der Waals surface area (Å²) in [6.07, 6.45) is 3.16. The summed E-state index contributed by atoms with van der Waals surface area (Å²) in [5.74, 6) is -0.0289. The van der Waals surface area contributed by atoms with Gasteiger partial charge in [-0.2, -0.15) is 5.26 Å². The second-order valence-electron chi connectivity index (χ2n) is 5.72. The van der Waals surface area contributed by atoms with Crippen LogP contribution in [0.5, 0.6) is 0 Å². The van der Waals surface area contributed by atoms with E-state index in [1.54, 1.807) is 24.3 Å². The molecule has 3 heteroatoms. The summed E-state index contributed by atoms with van der Waals surface area (Å²) in [4.78, 5) is 14.6. The van der Waals surface area contributed by atoms with Crippen molar-refractivity contribution in [3.63, 3.8) is 0 Å². The van der Waals surface area contributed by atoms with Gasteiger partial charge in [0.25, 0.3) is 5.91 Å². The number of nitrogens with zero attached hydrogens (tertiary/aromatic N) is 2. The smallest absolute Gasteiger partial charge is 0.254 e. The van der Waals surface area contributed by atoms with Gasteiger partial charge >= 0.3 is 0 Å². The summed E-state index contributed by atoms with van der Waals surface area (Å²) >= 11 is 0. The molecule has 110 valence electrons. The van der Waals surface area contributed by atoms with Crippen LogP contribution in [0, 0.1) is 11.3 Å². The van der Waals surface area contributed by atoms with Crippen molar-refractivity contribution < 1.29 is 4.79 Å². The van der Waals surface area contributed by atoms with E-state index in [1.165, 1.54) is 11.1 Å². The van der Waals surface area contributed by atoms with E-state index in [2.05, 4.69) is 24.3 Å². The van der Waals surface area contributed by atoms with Crippen molar-refractivity contribution in [2.45, 2.75) is 25.3 Å². The number of rotatable bonds is 2. The van der Waals surface area contributed by atoms with Crippen LogP contribution in [0.1, 0.15) is 45.9 Å². The Morgan fingerprint density at radius 2 is 2.05 bits per heavy atom. The van der Waals surface area contributed by atoms with Crippen LogP contribution in [0.2, 0.25) is 0 Å². The van der Waals surface area contributed by atoms with Crippen molar-refractivity contribution in [3.8, 4) is 6.07 Å². The van der Waals surface area contributed by atoms with Crippen LogP contribution in [0.25, 0.3) is 0 Å². The number of amides is 1. The number of benzene rings is 2. The van der Waals surface area contributed by atoms with Gasteiger partial charge in [-0.3, -0.25) is 4.79 Å². The first-order valence-electron chi connectivity index (χ1n) is 7.56. The molecule has 1 unspecified atom stereocenters. The normalized spacial score (nSPS) is 16.5. The molecule has 0 radical (unpaired) electrons. The van der Waals surface area contributed by atoms with Crippen molar-refractivity contribution in [2.24, 2.45) is 0 Å². The quantitative estimate of drug-likeness (QED) is 0.846. The highest BCUT2D eigenvalue weighted by Gasteiger charge is 2.27. The Balaban J connectivity index is 1.90. The van der Waals surface area contributed by atoms with Gasteiger partial charge in [-0.15, -0.1) is 0 Å². The largest absolute Gasteiger partial charge is 0.335 e. The first kappa shape index (κ1) is 14.3. The van der Waals surface area contributed by atoms with Crippen LogP contribution in [0.4, 0.5) is 0 Å². The molecule has 0 aromatic heterocycles. The fourth-order valence-corrected chi connectivity index (χ4v) is 3.20. The Morgan fingerprint density at radius 1 is 1.23 bits per heavy atom. The van der Waals surface area contributed by atoms with Gasteiger partial charge in [0.1, 0.15) is 0 Å². The molecule has 0 aliphatic heterocycles. The van der Waals surface area contributed by atoms with Crippen molar-refractivity contribution in [3.05, 3.63) is 70.8 Å². The highest BCUT2D eigenvalue weighted by Crippen LogP contribution is 2.34. The predicted octanol–water partition coefficient (Wildman–Crippen LogP) is 3.71. The van der Waals surface area contributed by atoms with Gasteiger partial charge in [0.15, 0.2) is 0 Å². The molecule has 1 atom stereocenters. The third-order valence-electron chi connectivity index (χ3n) is 4.36. The van der Waals surface area contributed by atoms with Gasteiger partial charge in [-0.1, -0.05) is 30.3 Å². The molecule has 0 saturated heterocycles. The Labute approximate surface area is 130 Å². The standard InChI is InChI=1S/C19H18N2O/c1-21(19(22)16-9-4-6-14(12-16)13-20)18-11-5-8-15-7-2-3-10-17(15)18/h2-4,6-7,9-10,12,18H,5,8,11H2,1H3.